The molecule has 2 fully saturated rings. The molecule has 0 amide bonds. The molecule has 154 valence electrons. The lowest BCUT2D eigenvalue weighted by Crippen LogP contribution is -2.40. The van der Waals surface area contributed by atoms with Gasteiger partial charge >= 0.3 is 0 Å². The van der Waals surface area contributed by atoms with E-state index in [0.717, 1.165) is 26.3 Å². The van der Waals surface area contributed by atoms with E-state index in [-0.39, 0.29) is 12.2 Å². The first-order valence-corrected chi connectivity index (χ1v) is 10.9. The molecule has 6 rings (SSSR count). The Kier molecular flexibility index (Phi) is 4.67. The number of nitrogens with zero attached hydrogens (tertiary/aromatic N) is 2. The molecule has 2 atom stereocenters. The van der Waals surface area contributed by atoms with Gasteiger partial charge in [0.1, 0.15) is 25.3 Å². The minimum atomic E-state index is 0.270. The molecule has 0 spiro atoms. The van der Waals surface area contributed by atoms with Gasteiger partial charge in [-0.05, 0) is 12.1 Å². The zero-order valence-electron chi connectivity index (χ0n) is 17.4. The third-order valence-electron chi connectivity index (χ3n) is 5.98. The van der Waals surface area contributed by atoms with Crippen LogP contribution < -0.4 is 4.57 Å². The maximum Gasteiger partial charge on any atom is 0.290 e. The molecular weight excluding hydrogens is 384 g/mol. The minimum absolute atomic E-state index is 0.270. The van der Waals surface area contributed by atoms with Gasteiger partial charge in [0, 0.05) is 11.1 Å². The highest BCUT2D eigenvalue weighted by Crippen LogP contribution is 2.36. The van der Waals surface area contributed by atoms with Crippen molar-refractivity contribution in [3.8, 4) is 33.9 Å². The molecule has 4 heteroatoms. The van der Waals surface area contributed by atoms with Gasteiger partial charge in [0.05, 0.1) is 18.8 Å². The van der Waals surface area contributed by atoms with Crippen LogP contribution in [0.3, 0.4) is 0 Å². The lowest BCUT2D eigenvalue weighted by atomic mass is 10.0. The van der Waals surface area contributed by atoms with Crippen LogP contribution in [0.5, 0.6) is 0 Å². The van der Waals surface area contributed by atoms with E-state index in [1.807, 2.05) is 0 Å². The number of benzene rings is 3. The number of epoxide rings is 2. The van der Waals surface area contributed by atoms with Crippen LogP contribution in [0, 0.1) is 0 Å². The first-order chi connectivity index (χ1) is 15.4. The first kappa shape index (κ1) is 18.6. The summed E-state index contributed by atoms with van der Waals surface area (Å²) in [5.41, 5.74) is 6.12. The Morgan fingerprint density at radius 1 is 0.677 bits per heavy atom. The van der Waals surface area contributed by atoms with Crippen LogP contribution in [0.1, 0.15) is 0 Å². The van der Waals surface area contributed by atoms with Crippen molar-refractivity contribution in [3.63, 3.8) is 0 Å². The fourth-order valence-corrected chi connectivity index (χ4v) is 4.40. The van der Waals surface area contributed by atoms with E-state index in [1.54, 1.807) is 0 Å². The van der Waals surface area contributed by atoms with Gasteiger partial charge in [-0.1, -0.05) is 78.9 Å². The van der Waals surface area contributed by atoms with Gasteiger partial charge in [0.25, 0.3) is 5.82 Å². The normalized spacial score (nSPS) is 19.4. The average Bonchev–Trinajstić information content (AvgIpc) is 3.75. The fourth-order valence-electron chi connectivity index (χ4n) is 4.40. The summed E-state index contributed by atoms with van der Waals surface area (Å²) in [6.45, 7) is 3.33. The largest absolute Gasteiger partial charge is 0.369 e. The molecule has 2 aliphatic heterocycles. The fraction of sp³-hybridized carbons (Fsp3) is 0.222. The van der Waals surface area contributed by atoms with Crippen molar-refractivity contribution in [2.75, 3.05) is 13.2 Å². The highest BCUT2D eigenvalue weighted by Gasteiger charge is 2.39. The number of hydrogen-bond donors (Lipinski definition) is 0. The van der Waals surface area contributed by atoms with Crippen molar-refractivity contribution in [2.45, 2.75) is 25.3 Å². The zero-order valence-corrected chi connectivity index (χ0v) is 17.4. The van der Waals surface area contributed by atoms with Crippen LogP contribution in [0.15, 0.2) is 91.0 Å². The molecule has 3 aromatic carbocycles. The number of aromatic nitrogens is 2. The highest BCUT2D eigenvalue weighted by atomic mass is 16.6. The summed E-state index contributed by atoms with van der Waals surface area (Å²) in [4.78, 5) is 0. The molecule has 0 saturated carbocycles. The van der Waals surface area contributed by atoms with Crippen molar-refractivity contribution in [1.82, 2.24) is 4.57 Å². The predicted octanol–water partition coefficient (Wildman–Crippen LogP) is 4.57. The quantitative estimate of drug-likeness (QED) is 0.331. The number of imidazole rings is 1. The monoisotopic (exact) mass is 409 g/mol. The summed E-state index contributed by atoms with van der Waals surface area (Å²) in [5.74, 6) is 1.21. The molecule has 0 radical (unpaired) electrons. The Bertz CT molecular complexity index is 1100. The standard InChI is InChI=1S/C27H25N2O2/c1-4-10-20(11-5-1)25-26(21-12-6-2-7-13-21)29(17-24-19-31-24)27(22-14-8-3-9-15-22)28(25)16-23-18-30-23/h1-15,23-24H,16-19H2/q+1/t23-,24-/m0/s1. The SMILES string of the molecule is c1ccc(-c2c(-c3ccccc3)[n+](C[C@H]3CO3)c(-c3ccccc3)n2C[C@H]2CO2)cc1. The molecule has 2 aliphatic rings. The van der Waals surface area contributed by atoms with Gasteiger partial charge in [-0.25, -0.2) is 9.13 Å². The second-order valence-electron chi connectivity index (χ2n) is 8.25. The molecule has 31 heavy (non-hydrogen) atoms. The summed E-state index contributed by atoms with van der Waals surface area (Å²) < 4.78 is 16.3. The van der Waals surface area contributed by atoms with Gasteiger partial charge in [-0.2, -0.15) is 0 Å². The molecule has 0 unspecified atom stereocenters. The summed E-state index contributed by atoms with van der Waals surface area (Å²) >= 11 is 0. The number of rotatable bonds is 7. The third kappa shape index (κ3) is 3.69. The molecule has 0 bridgehead atoms. The van der Waals surface area contributed by atoms with Crippen molar-refractivity contribution < 1.29 is 14.0 Å². The lowest BCUT2D eigenvalue weighted by molar-refractivity contribution is -0.676. The van der Waals surface area contributed by atoms with E-state index >= 15 is 0 Å². The van der Waals surface area contributed by atoms with E-state index in [9.17, 15) is 0 Å². The van der Waals surface area contributed by atoms with Crippen LogP contribution >= 0.6 is 0 Å². The van der Waals surface area contributed by atoms with Gasteiger partial charge in [-0.3, -0.25) is 0 Å². The second-order valence-corrected chi connectivity index (χ2v) is 8.25. The molecule has 4 nitrogen and oxygen atoms in total. The molecular formula is C27H25N2O2+. The molecule has 4 aromatic rings. The van der Waals surface area contributed by atoms with Crippen molar-refractivity contribution in [3.05, 3.63) is 91.0 Å². The summed E-state index contributed by atoms with van der Waals surface area (Å²) in [6.07, 6.45) is 0.540. The van der Waals surface area contributed by atoms with E-state index in [4.69, 9.17) is 9.47 Å². The topological polar surface area (TPSA) is 33.9 Å². The van der Waals surface area contributed by atoms with Crippen LogP contribution in [0.4, 0.5) is 0 Å². The second kappa shape index (κ2) is 7.80. The number of ether oxygens (including phenoxy) is 2. The Morgan fingerprint density at radius 3 is 1.74 bits per heavy atom. The van der Waals surface area contributed by atoms with Crippen molar-refractivity contribution in [2.24, 2.45) is 0 Å². The lowest BCUT2D eigenvalue weighted by Gasteiger charge is -2.05. The minimum Gasteiger partial charge on any atom is -0.369 e. The molecule has 2 saturated heterocycles. The molecule has 0 aliphatic carbocycles. The molecule has 3 heterocycles. The maximum absolute atomic E-state index is 5.69. The highest BCUT2D eigenvalue weighted by molar-refractivity contribution is 5.79. The third-order valence-corrected chi connectivity index (χ3v) is 5.98. The van der Waals surface area contributed by atoms with Gasteiger partial charge in [0.15, 0.2) is 11.4 Å². The summed E-state index contributed by atoms with van der Waals surface area (Å²) in [7, 11) is 0. The van der Waals surface area contributed by atoms with Gasteiger partial charge < -0.3 is 9.47 Å². The molecule has 1 aromatic heterocycles. The van der Waals surface area contributed by atoms with E-state index in [1.165, 1.54) is 33.9 Å². The summed E-state index contributed by atoms with van der Waals surface area (Å²) in [6, 6.07) is 32.2. The van der Waals surface area contributed by atoms with Gasteiger partial charge in [-0.15, -0.1) is 0 Å². The number of hydrogen-bond acceptors (Lipinski definition) is 2. The smallest absolute Gasteiger partial charge is 0.290 e. The zero-order chi connectivity index (χ0) is 20.6. The summed E-state index contributed by atoms with van der Waals surface area (Å²) in [5, 5.41) is 0. The first-order valence-electron chi connectivity index (χ1n) is 10.9. The maximum atomic E-state index is 5.69. The van der Waals surface area contributed by atoms with E-state index in [0.29, 0.717) is 0 Å². The Balaban J connectivity index is 1.69. The van der Waals surface area contributed by atoms with E-state index < -0.39 is 0 Å². The van der Waals surface area contributed by atoms with Crippen LogP contribution in [0.25, 0.3) is 33.9 Å². The predicted molar refractivity (Wildman–Crippen MR) is 120 cm³/mol. The average molecular weight is 410 g/mol. The van der Waals surface area contributed by atoms with Crippen LogP contribution in [0.2, 0.25) is 0 Å². The van der Waals surface area contributed by atoms with Crippen LogP contribution in [-0.4, -0.2) is 30.0 Å². The Labute approximate surface area is 182 Å². The van der Waals surface area contributed by atoms with Crippen LogP contribution in [-0.2, 0) is 22.6 Å². The Morgan fingerprint density at radius 2 is 1.19 bits per heavy atom. The van der Waals surface area contributed by atoms with Gasteiger partial charge in [0.2, 0.25) is 0 Å². The van der Waals surface area contributed by atoms with E-state index in [2.05, 4.69) is 100 Å². The van der Waals surface area contributed by atoms with Crippen molar-refractivity contribution in [1.29, 1.82) is 0 Å². The van der Waals surface area contributed by atoms with Crippen molar-refractivity contribution >= 4 is 0 Å². The molecule has 0 N–H and O–H groups in total. The Hall–Kier alpha value is -3.21.